The molecule has 0 N–H and O–H groups in total. The van der Waals surface area contributed by atoms with Crippen molar-refractivity contribution in [1.29, 1.82) is 0 Å². The van der Waals surface area contributed by atoms with Gasteiger partial charge in [0.2, 0.25) is 0 Å². The van der Waals surface area contributed by atoms with Crippen LogP contribution in [0, 0.1) is 19.8 Å². The van der Waals surface area contributed by atoms with Crippen molar-refractivity contribution in [2.24, 2.45) is 5.92 Å². The second-order valence-corrected chi connectivity index (χ2v) is 9.42. The van der Waals surface area contributed by atoms with Crippen LogP contribution in [0.3, 0.4) is 0 Å². The maximum Gasteiger partial charge on any atom is 1.00 e. The molecule has 0 bridgehead atoms. The minimum atomic E-state index is -4.24. The minimum absolute atomic E-state index is 0. The molecule has 0 aliphatic heterocycles. The van der Waals surface area contributed by atoms with E-state index in [1.54, 1.807) is 26.0 Å². The number of benzene rings is 2. The summed E-state index contributed by atoms with van der Waals surface area (Å²) in [6.07, 6.45) is 0.869. The van der Waals surface area contributed by atoms with Crippen LogP contribution in [0.25, 0.3) is 15.8 Å². The number of carbonyl (C=O) groups is 1. The van der Waals surface area contributed by atoms with E-state index in [4.69, 9.17) is 9.26 Å². The molecular formula is C23H24Li2N2O6S. The fraction of sp³-hybridized carbons (Fsp3) is 0.304. The predicted octanol–water partition coefficient (Wildman–Crippen LogP) is -2.31. The van der Waals surface area contributed by atoms with Crippen LogP contribution >= 0.6 is 0 Å². The number of hydrogen-bond donors (Lipinski definition) is 0. The second kappa shape index (κ2) is 12.5. The van der Waals surface area contributed by atoms with Crippen LogP contribution in [0.5, 0.6) is 5.75 Å². The summed E-state index contributed by atoms with van der Waals surface area (Å²) in [5, 5.41) is 14.7. The van der Waals surface area contributed by atoms with Gasteiger partial charge in [-0.2, -0.15) is 0 Å². The van der Waals surface area contributed by atoms with Gasteiger partial charge in [0.1, 0.15) is 22.4 Å². The van der Waals surface area contributed by atoms with Gasteiger partial charge in [0.05, 0.1) is 22.4 Å². The quantitative estimate of drug-likeness (QED) is 0.322. The molecular weight excluding hydrogens is 446 g/mol. The third-order valence-corrected chi connectivity index (χ3v) is 6.14. The first-order valence-corrected chi connectivity index (χ1v) is 11.5. The Balaban J connectivity index is 0.00000289. The molecule has 0 aliphatic rings. The molecule has 0 radical (unpaired) electrons. The molecule has 8 nitrogen and oxygen atoms in total. The van der Waals surface area contributed by atoms with Gasteiger partial charge in [0, 0.05) is 5.56 Å². The smallest absolute Gasteiger partial charge is 0.546 e. The number of carbonyl (C=O) groups excluding carboxylic acids is 1. The van der Waals surface area contributed by atoms with E-state index in [0.29, 0.717) is 22.7 Å². The first kappa shape index (κ1) is 29.9. The fourth-order valence-electron chi connectivity index (χ4n) is 3.19. The third-order valence-electron chi connectivity index (χ3n) is 4.83. The Hall–Kier alpha value is -2.14. The summed E-state index contributed by atoms with van der Waals surface area (Å²) in [7, 11) is -4.24. The molecule has 0 fully saturated rings. The van der Waals surface area contributed by atoms with Crippen molar-refractivity contribution in [2.75, 3.05) is 6.61 Å². The molecule has 3 rings (SSSR count). The van der Waals surface area contributed by atoms with Gasteiger partial charge in [-0.05, 0) is 55.0 Å². The summed E-state index contributed by atoms with van der Waals surface area (Å²) in [5.41, 5.74) is 2.90. The Labute approximate surface area is 223 Å². The van der Waals surface area contributed by atoms with E-state index in [-0.39, 0.29) is 59.8 Å². The van der Waals surface area contributed by atoms with Crippen molar-refractivity contribution in [3.63, 3.8) is 0 Å². The molecule has 34 heavy (non-hydrogen) atoms. The normalized spacial score (nSPS) is 10.9. The summed E-state index contributed by atoms with van der Waals surface area (Å²) >= 11 is 0. The van der Waals surface area contributed by atoms with Crippen LogP contribution < -0.4 is 47.6 Å². The van der Waals surface area contributed by atoms with Crippen LogP contribution in [0.1, 0.15) is 30.7 Å². The molecule has 2 aromatic carbocycles. The second-order valence-electron chi connectivity index (χ2n) is 7.85. The zero-order valence-electron chi connectivity index (χ0n) is 20.3. The van der Waals surface area contributed by atoms with Crippen molar-refractivity contribution in [3.05, 3.63) is 64.0 Å². The van der Waals surface area contributed by atoms with Gasteiger partial charge in [0.15, 0.2) is 0 Å². The van der Waals surface area contributed by atoms with Crippen LogP contribution in [-0.4, -0.2) is 26.2 Å². The standard InChI is InChI=1S/C23H26N2O6S.2Li/c1-14(2)12-17-8-10-18(11-9-17)22-19(30-13-21(26)27)6-5-7-20(22)32(28,29)25-23-15(3)16(4)24-31-23;;/h5-11,14H,12-13H2,1-4H3,(H2,24,25,26,27);;/q;2*+1/p-2. The average molecular weight is 470 g/mol. The number of carboxylic acids is 1. The number of aliphatic carboxylic acids is 1. The monoisotopic (exact) mass is 470 g/mol. The Kier molecular flexibility index (Phi) is 11.0. The number of carboxylic acid groups (broad SMARTS) is 1. The zero-order chi connectivity index (χ0) is 23.5. The van der Waals surface area contributed by atoms with Crippen molar-refractivity contribution in [3.8, 4) is 16.9 Å². The van der Waals surface area contributed by atoms with Gasteiger partial charge in [-0.3, -0.25) is 0 Å². The Morgan fingerprint density at radius 2 is 1.76 bits per heavy atom. The Morgan fingerprint density at radius 3 is 2.29 bits per heavy atom. The fourth-order valence-corrected chi connectivity index (χ4v) is 4.41. The van der Waals surface area contributed by atoms with Crippen molar-refractivity contribution in [2.45, 2.75) is 39.0 Å². The van der Waals surface area contributed by atoms with Gasteiger partial charge in [-0.1, -0.05) is 49.3 Å². The van der Waals surface area contributed by atoms with E-state index in [1.807, 2.05) is 12.1 Å². The van der Waals surface area contributed by atoms with Gasteiger partial charge in [-0.25, -0.2) is 8.42 Å². The van der Waals surface area contributed by atoms with Crippen molar-refractivity contribution in [1.82, 2.24) is 5.16 Å². The van der Waals surface area contributed by atoms with Crippen LogP contribution in [0.15, 0.2) is 51.9 Å². The maximum atomic E-state index is 13.2. The van der Waals surface area contributed by atoms with Crippen LogP contribution in [-0.2, 0) is 21.2 Å². The average Bonchev–Trinajstić information content (AvgIpc) is 3.04. The number of hydrogen-bond acceptors (Lipinski definition) is 7. The molecule has 1 aromatic heterocycles. The van der Waals surface area contributed by atoms with E-state index in [9.17, 15) is 18.3 Å². The third kappa shape index (κ3) is 7.18. The molecule has 3 aromatic rings. The van der Waals surface area contributed by atoms with Crippen molar-refractivity contribution < 1.29 is 65.3 Å². The summed E-state index contributed by atoms with van der Waals surface area (Å²) in [4.78, 5) is 10.8. The first-order chi connectivity index (χ1) is 15.1. The van der Waals surface area contributed by atoms with Crippen LogP contribution in [0.4, 0.5) is 5.88 Å². The van der Waals surface area contributed by atoms with E-state index in [2.05, 4.69) is 23.7 Å². The zero-order valence-corrected chi connectivity index (χ0v) is 21.1. The topological polar surface area (TPSA) is 124 Å². The summed E-state index contributed by atoms with van der Waals surface area (Å²) in [5.74, 6) is -0.980. The van der Waals surface area contributed by atoms with Gasteiger partial charge >= 0.3 is 37.7 Å². The number of rotatable bonds is 9. The predicted molar refractivity (Wildman–Crippen MR) is 117 cm³/mol. The molecule has 1 heterocycles. The van der Waals surface area contributed by atoms with Crippen molar-refractivity contribution >= 4 is 21.9 Å². The van der Waals surface area contributed by atoms with E-state index in [1.165, 1.54) is 18.2 Å². The van der Waals surface area contributed by atoms with Gasteiger partial charge < -0.3 is 23.9 Å². The molecule has 0 spiro atoms. The first-order valence-electron chi connectivity index (χ1n) is 10.0. The van der Waals surface area contributed by atoms with Gasteiger partial charge in [0.25, 0.3) is 0 Å². The number of sulfonamides is 1. The van der Waals surface area contributed by atoms with Crippen LogP contribution in [0.2, 0.25) is 0 Å². The molecule has 0 atom stereocenters. The minimum Gasteiger partial charge on any atom is -0.546 e. The number of nitrogens with zero attached hydrogens (tertiary/aromatic N) is 2. The van der Waals surface area contributed by atoms with E-state index < -0.39 is 22.6 Å². The maximum absolute atomic E-state index is 13.2. The molecule has 0 unspecified atom stereocenters. The molecule has 0 saturated heterocycles. The van der Waals surface area contributed by atoms with E-state index >= 15 is 0 Å². The molecule has 11 heteroatoms. The summed E-state index contributed by atoms with van der Waals surface area (Å²) in [6, 6.07) is 11.7. The Morgan fingerprint density at radius 1 is 1.12 bits per heavy atom. The molecule has 0 aliphatic carbocycles. The number of aromatic nitrogens is 1. The largest absolute Gasteiger partial charge is 1.00 e. The molecule has 0 amide bonds. The summed E-state index contributed by atoms with van der Waals surface area (Å²) < 4.78 is 40.7. The Bertz CT molecular complexity index is 1220. The summed E-state index contributed by atoms with van der Waals surface area (Å²) in [6.45, 7) is 6.84. The molecule has 0 saturated carbocycles. The van der Waals surface area contributed by atoms with Gasteiger partial charge in [-0.15, -0.1) is 0 Å². The SMILES string of the molecule is Cc1noc([N-]S(=O)(=O)c2cccc(OCC(=O)[O-])c2-c2ccc(CC(C)C)cc2)c1C.[Li+].[Li+]. The number of ether oxygens (including phenoxy) is 1. The molecule has 170 valence electrons. The number of aryl methyl sites for hydroxylation is 1. The van der Waals surface area contributed by atoms with E-state index in [0.717, 1.165) is 12.0 Å².